The van der Waals surface area contributed by atoms with Gasteiger partial charge in [-0.2, -0.15) is 0 Å². The first-order valence-corrected chi connectivity index (χ1v) is 6.60. The Hall–Kier alpha value is -0.110. The smallest absolute Gasteiger partial charge is 0.113 e. The molecule has 0 amide bonds. The third-order valence-corrected chi connectivity index (χ3v) is 4.40. The van der Waals surface area contributed by atoms with E-state index in [1.807, 2.05) is 6.92 Å². The van der Waals surface area contributed by atoms with Crippen molar-refractivity contribution in [2.24, 2.45) is 11.8 Å². The molecule has 88 valence electrons. The maximum Gasteiger partial charge on any atom is 0.113 e. The third kappa shape index (κ3) is 2.72. The van der Waals surface area contributed by atoms with E-state index in [2.05, 4.69) is 5.32 Å². The standard InChI is InChI=1S/C13H24FN/c1-13(14)8-9-15-10-12(13)11-6-4-2-3-5-7-11/h11-12,15H,2-10H2,1H3. The van der Waals surface area contributed by atoms with Crippen LogP contribution in [0.3, 0.4) is 0 Å². The highest BCUT2D eigenvalue weighted by molar-refractivity contribution is 4.92. The minimum atomic E-state index is -0.916. The molecule has 1 heterocycles. The normalized spacial score (nSPS) is 40.0. The molecule has 1 saturated heterocycles. The summed E-state index contributed by atoms with van der Waals surface area (Å²) in [6, 6.07) is 0. The Bertz CT molecular complexity index is 195. The minimum Gasteiger partial charge on any atom is -0.316 e. The van der Waals surface area contributed by atoms with Gasteiger partial charge in [0.2, 0.25) is 0 Å². The van der Waals surface area contributed by atoms with Gasteiger partial charge in [-0.05, 0) is 25.8 Å². The summed E-state index contributed by atoms with van der Waals surface area (Å²) in [5.74, 6) is 0.902. The average Bonchev–Trinajstić information content (AvgIpc) is 2.45. The van der Waals surface area contributed by atoms with Gasteiger partial charge in [-0.1, -0.05) is 38.5 Å². The second-order valence-corrected chi connectivity index (χ2v) is 5.59. The summed E-state index contributed by atoms with van der Waals surface area (Å²) in [4.78, 5) is 0. The minimum absolute atomic E-state index is 0.268. The average molecular weight is 213 g/mol. The molecule has 1 saturated carbocycles. The van der Waals surface area contributed by atoms with E-state index < -0.39 is 5.67 Å². The molecular weight excluding hydrogens is 189 g/mol. The number of halogens is 1. The molecule has 1 aliphatic carbocycles. The lowest BCUT2D eigenvalue weighted by molar-refractivity contribution is 0.0258. The van der Waals surface area contributed by atoms with Crippen LogP contribution in [0.5, 0.6) is 0 Å². The quantitative estimate of drug-likeness (QED) is 0.659. The molecule has 2 unspecified atom stereocenters. The molecule has 0 aromatic rings. The molecule has 2 rings (SSSR count). The summed E-state index contributed by atoms with van der Waals surface area (Å²) in [5, 5.41) is 3.37. The molecule has 1 nitrogen and oxygen atoms in total. The summed E-state index contributed by atoms with van der Waals surface area (Å²) in [6.45, 7) is 3.58. The predicted octanol–water partition coefficient (Wildman–Crippen LogP) is 3.29. The van der Waals surface area contributed by atoms with E-state index in [4.69, 9.17) is 0 Å². The van der Waals surface area contributed by atoms with Crippen LogP contribution in [0, 0.1) is 11.8 Å². The highest BCUT2D eigenvalue weighted by atomic mass is 19.1. The van der Waals surface area contributed by atoms with Crippen LogP contribution in [-0.2, 0) is 0 Å². The maximum absolute atomic E-state index is 14.4. The molecule has 1 N–H and O–H groups in total. The molecule has 2 fully saturated rings. The first kappa shape index (κ1) is 11.4. The highest BCUT2D eigenvalue weighted by Gasteiger charge is 2.40. The third-order valence-electron chi connectivity index (χ3n) is 4.40. The summed E-state index contributed by atoms with van der Waals surface area (Å²) in [6.07, 6.45) is 8.57. The van der Waals surface area contributed by atoms with E-state index in [0.717, 1.165) is 13.1 Å². The van der Waals surface area contributed by atoms with Crippen molar-refractivity contribution in [3.8, 4) is 0 Å². The summed E-state index contributed by atoms with van der Waals surface area (Å²) >= 11 is 0. The molecule has 2 aliphatic rings. The van der Waals surface area contributed by atoms with Crippen LogP contribution in [0.4, 0.5) is 4.39 Å². The van der Waals surface area contributed by atoms with Crippen molar-refractivity contribution in [3.63, 3.8) is 0 Å². The molecule has 15 heavy (non-hydrogen) atoms. The van der Waals surface area contributed by atoms with Gasteiger partial charge >= 0.3 is 0 Å². The Morgan fingerprint density at radius 1 is 1.13 bits per heavy atom. The van der Waals surface area contributed by atoms with Crippen LogP contribution < -0.4 is 5.32 Å². The summed E-state index contributed by atoms with van der Waals surface area (Å²) in [5.41, 5.74) is -0.916. The Labute approximate surface area is 92.8 Å². The van der Waals surface area contributed by atoms with Gasteiger partial charge in [0.1, 0.15) is 5.67 Å². The number of nitrogens with one attached hydrogen (secondary N) is 1. The summed E-state index contributed by atoms with van der Waals surface area (Å²) in [7, 11) is 0. The molecule has 0 aromatic heterocycles. The first-order chi connectivity index (χ1) is 7.20. The topological polar surface area (TPSA) is 12.0 Å². The van der Waals surface area contributed by atoms with Gasteiger partial charge in [-0.25, -0.2) is 4.39 Å². The molecule has 1 aliphatic heterocycles. The van der Waals surface area contributed by atoms with Gasteiger partial charge in [0.25, 0.3) is 0 Å². The Kier molecular flexibility index (Phi) is 3.65. The summed E-state index contributed by atoms with van der Waals surface area (Å²) < 4.78 is 14.4. The lowest BCUT2D eigenvalue weighted by Crippen LogP contribution is -2.48. The van der Waals surface area contributed by atoms with E-state index in [9.17, 15) is 4.39 Å². The van der Waals surface area contributed by atoms with Crippen LogP contribution >= 0.6 is 0 Å². The van der Waals surface area contributed by atoms with Crippen molar-refractivity contribution in [2.45, 2.75) is 57.5 Å². The lowest BCUT2D eigenvalue weighted by Gasteiger charge is -2.40. The molecule has 0 radical (unpaired) electrons. The Balaban J connectivity index is 1.99. The number of alkyl halides is 1. The van der Waals surface area contributed by atoms with Crippen molar-refractivity contribution in [1.82, 2.24) is 5.32 Å². The predicted molar refractivity (Wildman–Crippen MR) is 61.7 cm³/mol. The molecular formula is C13H24FN. The van der Waals surface area contributed by atoms with Gasteiger partial charge in [0.15, 0.2) is 0 Å². The maximum atomic E-state index is 14.4. The van der Waals surface area contributed by atoms with Gasteiger partial charge in [-0.3, -0.25) is 0 Å². The highest BCUT2D eigenvalue weighted by Crippen LogP contribution is 2.39. The zero-order chi connectivity index (χ0) is 10.7. The van der Waals surface area contributed by atoms with E-state index in [0.29, 0.717) is 12.3 Å². The fourth-order valence-electron chi connectivity index (χ4n) is 3.36. The molecule has 2 atom stereocenters. The number of piperidine rings is 1. The molecule has 0 aromatic carbocycles. The van der Waals surface area contributed by atoms with Crippen molar-refractivity contribution in [3.05, 3.63) is 0 Å². The van der Waals surface area contributed by atoms with Crippen LogP contribution in [-0.4, -0.2) is 18.8 Å². The van der Waals surface area contributed by atoms with Crippen molar-refractivity contribution < 1.29 is 4.39 Å². The number of rotatable bonds is 1. The Morgan fingerprint density at radius 2 is 1.80 bits per heavy atom. The fraction of sp³-hybridized carbons (Fsp3) is 1.00. The SMILES string of the molecule is CC1(F)CCNCC1C1CCCCCC1. The zero-order valence-electron chi connectivity index (χ0n) is 9.90. The van der Waals surface area contributed by atoms with Crippen molar-refractivity contribution in [2.75, 3.05) is 13.1 Å². The van der Waals surface area contributed by atoms with E-state index in [-0.39, 0.29) is 5.92 Å². The van der Waals surface area contributed by atoms with Crippen molar-refractivity contribution in [1.29, 1.82) is 0 Å². The molecule has 2 heteroatoms. The van der Waals surface area contributed by atoms with Crippen LogP contribution in [0.1, 0.15) is 51.9 Å². The molecule has 0 bridgehead atoms. The second-order valence-electron chi connectivity index (χ2n) is 5.59. The van der Waals surface area contributed by atoms with E-state index in [1.54, 1.807) is 0 Å². The lowest BCUT2D eigenvalue weighted by atomic mass is 9.73. The largest absolute Gasteiger partial charge is 0.316 e. The zero-order valence-corrected chi connectivity index (χ0v) is 9.90. The van der Waals surface area contributed by atoms with Crippen LogP contribution in [0.15, 0.2) is 0 Å². The Morgan fingerprint density at radius 3 is 2.40 bits per heavy atom. The number of hydrogen-bond acceptors (Lipinski definition) is 1. The fourth-order valence-corrected chi connectivity index (χ4v) is 3.36. The number of hydrogen-bond donors (Lipinski definition) is 1. The van der Waals surface area contributed by atoms with Gasteiger partial charge in [-0.15, -0.1) is 0 Å². The second kappa shape index (κ2) is 4.82. The molecule has 0 spiro atoms. The van der Waals surface area contributed by atoms with Gasteiger partial charge in [0, 0.05) is 12.5 Å². The van der Waals surface area contributed by atoms with E-state index in [1.165, 1.54) is 38.5 Å². The van der Waals surface area contributed by atoms with Gasteiger partial charge in [0.05, 0.1) is 0 Å². The van der Waals surface area contributed by atoms with Gasteiger partial charge < -0.3 is 5.32 Å². The van der Waals surface area contributed by atoms with Crippen molar-refractivity contribution >= 4 is 0 Å². The monoisotopic (exact) mass is 213 g/mol. The van der Waals surface area contributed by atoms with Crippen LogP contribution in [0.25, 0.3) is 0 Å². The van der Waals surface area contributed by atoms with Crippen LogP contribution in [0.2, 0.25) is 0 Å². The van der Waals surface area contributed by atoms with E-state index >= 15 is 0 Å². The first-order valence-electron chi connectivity index (χ1n) is 6.60.